The molecule has 1 unspecified atom stereocenters. The van der Waals surface area contributed by atoms with Crippen LogP contribution in [-0.4, -0.2) is 33.2 Å². The Bertz CT molecular complexity index is 1110. The number of hydrogen-bond acceptors (Lipinski definition) is 4. The first kappa shape index (κ1) is 29.7. The van der Waals surface area contributed by atoms with Crippen LogP contribution in [0.5, 0.6) is 11.5 Å². The van der Waals surface area contributed by atoms with Crippen molar-refractivity contribution in [1.82, 2.24) is 5.32 Å². The fourth-order valence-electron chi connectivity index (χ4n) is 4.21. The Balaban J connectivity index is 2.37. The van der Waals surface area contributed by atoms with Gasteiger partial charge in [0.1, 0.15) is 17.5 Å². The first-order chi connectivity index (χ1) is 17.6. The van der Waals surface area contributed by atoms with Crippen molar-refractivity contribution in [2.75, 3.05) is 0 Å². The number of aliphatic carboxylic acids is 1. The number of phenolic OH excluding ortho intramolecular Hbond substituents is 2. The second-order valence-electron chi connectivity index (χ2n) is 9.84. The molecule has 6 nitrogen and oxygen atoms in total. The molecule has 6 heteroatoms. The summed E-state index contributed by atoms with van der Waals surface area (Å²) in [5.74, 6) is -2.16. The first-order valence-electron chi connectivity index (χ1n) is 13.1. The molecular formula is C31H41NO5. The average molecular weight is 508 g/mol. The number of unbranched alkanes of at least 4 members (excludes halogenated alkanes) is 2. The van der Waals surface area contributed by atoms with Crippen molar-refractivity contribution in [2.24, 2.45) is 0 Å². The lowest BCUT2D eigenvalue weighted by Crippen LogP contribution is -2.42. The second kappa shape index (κ2) is 14.9. The van der Waals surface area contributed by atoms with Gasteiger partial charge in [-0.2, -0.15) is 0 Å². The molecule has 1 amide bonds. The molecule has 0 radical (unpaired) electrons. The minimum atomic E-state index is -1.16. The van der Waals surface area contributed by atoms with Gasteiger partial charge in [-0.05, 0) is 70.1 Å². The predicted octanol–water partition coefficient (Wildman–Crippen LogP) is 6.49. The maximum Gasteiger partial charge on any atom is 0.326 e. The summed E-state index contributed by atoms with van der Waals surface area (Å²) in [5.41, 5.74) is 3.97. The van der Waals surface area contributed by atoms with Crippen molar-refractivity contribution in [3.05, 3.63) is 82.0 Å². The molecule has 0 fully saturated rings. The van der Waals surface area contributed by atoms with E-state index in [2.05, 4.69) is 32.2 Å². The van der Waals surface area contributed by atoms with Gasteiger partial charge < -0.3 is 20.6 Å². The number of aryl methyl sites for hydroxylation is 1. The van der Waals surface area contributed by atoms with Crippen LogP contribution in [0.25, 0.3) is 0 Å². The summed E-state index contributed by atoms with van der Waals surface area (Å²) in [6.07, 6.45) is 9.44. The van der Waals surface area contributed by atoms with Crippen LogP contribution in [0.3, 0.4) is 0 Å². The summed E-state index contributed by atoms with van der Waals surface area (Å²) < 4.78 is 0. The Morgan fingerprint density at radius 2 is 1.73 bits per heavy atom. The van der Waals surface area contributed by atoms with E-state index in [-0.39, 0.29) is 35.5 Å². The number of phenols is 2. The van der Waals surface area contributed by atoms with Gasteiger partial charge in [-0.3, -0.25) is 4.79 Å². The van der Waals surface area contributed by atoms with E-state index in [0.717, 1.165) is 43.2 Å². The minimum Gasteiger partial charge on any atom is -0.508 e. The normalized spacial score (nSPS) is 12.2. The van der Waals surface area contributed by atoms with Crippen LogP contribution < -0.4 is 5.32 Å². The van der Waals surface area contributed by atoms with Crippen LogP contribution >= 0.6 is 0 Å². The zero-order chi connectivity index (χ0) is 27.4. The molecule has 2 rings (SSSR count). The standard InChI is InChI=1S/C31H41NO5/c1-5-6-8-16-24-20-27(33)25(18-17-22(4)13-11-12-21(2)3)29(34)28(24)30(35)32-26(31(36)37)19-23-14-9-7-10-15-23/h7,9-10,12,14-15,17,20,26,33-34H,5-6,8,11,13,16,18-19H2,1-4H3,(H,32,35)(H,36,37). The van der Waals surface area contributed by atoms with E-state index in [1.807, 2.05) is 31.2 Å². The molecule has 37 heavy (non-hydrogen) atoms. The van der Waals surface area contributed by atoms with Crippen LogP contribution in [0.15, 0.2) is 59.7 Å². The minimum absolute atomic E-state index is 0.0406. The molecule has 0 spiro atoms. The lowest BCUT2D eigenvalue weighted by Gasteiger charge is -2.19. The molecule has 2 aromatic rings. The van der Waals surface area contributed by atoms with Gasteiger partial charge in [-0.25, -0.2) is 4.79 Å². The summed E-state index contributed by atoms with van der Waals surface area (Å²) in [6, 6.07) is 9.46. The van der Waals surface area contributed by atoms with E-state index in [9.17, 15) is 24.9 Å². The maximum atomic E-state index is 13.4. The summed E-state index contributed by atoms with van der Waals surface area (Å²) in [6.45, 7) is 8.18. The number of rotatable bonds is 14. The zero-order valence-corrected chi connectivity index (χ0v) is 22.5. The zero-order valence-electron chi connectivity index (χ0n) is 22.5. The third kappa shape index (κ3) is 9.45. The Hall–Kier alpha value is -3.54. The van der Waals surface area contributed by atoms with Crippen molar-refractivity contribution < 1.29 is 24.9 Å². The Labute approximate surface area is 220 Å². The largest absolute Gasteiger partial charge is 0.508 e. The summed E-state index contributed by atoms with van der Waals surface area (Å²) in [4.78, 5) is 25.3. The molecule has 0 aliphatic rings. The Morgan fingerprint density at radius 3 is 2.35 bits per heavy atom. The van der Waals surface area contributed by atoms with Gasteiger partial charge in [0.25, 0.3) is 5.91 Å². The van der Waals surface area contributed by atoms with Gasteiger partial charge in [0.05, 0.1) is 5.56 Å². The molecule has 0 saturated carbocycles. The van der Waals surface area contributed by atoms with Crippen molar-refractivity contribution in [3.8, 4) is 11.5 Å². The van der Waals surface area contributed by atoms with E-state index < -0.39 is 17.9 Å². The molecule has 0 bridgehead atoms. The lowest BCUT2D eigenvalue weighted by molar-refractivity contribution is -0.139. The predicted molar refractivity (Wildman–Crippen MR) is 148 cm³/mol. The number of carbonyl (C=O) groups excluding carboxylic acids is 1. The monoisotopic (exact) mass is 507 g/mol. The molecule has 2 aromatic carbocycles. The van der Waals surface area contributed by atoms with Gasteiger partial charge in [0, 0.05) is 12.0 Å². The Kier molecular flexibility index (Phi) is 11.9. The molecule has 0 heterocycles. The van der Waals surface area contributed by atoms with Gasteiger partial charge in [0.2, 0.25) is 0 Å². The van der Waals surface area contributed by atoms with Crippen LogP contribution in [-0.2, 0) is 24.1 Å². The van der Waals surface area contributed by atoms with E-state index in [0.29, 0.717) is 12.0 Å². The number of nitrogens with one attached hydrogen (secondary N) is 1. The van der Waals surface area contributed by atoms with Crippen molar-refractivity contribution in [1.29, 1.82) is 0 Å². The molecular weight excluding hydrogens is 466 g/mol. The van der Waals surface area contributed by atoms with Crippen molar-refractivity contribution in [2.45, 2.75) is 85.1 Å². The lowest BCUT2D eigenvalue weighted by atomic mass is 9.94. The molecule has 0 aliphatic heterocycles. The van der Waals surface area contributed by atoms with Gasteiger partial charge >= 0.3 is 5.97 Å². The molecule has 4 N–H and O–H groups in total. The second-order valence-corrected chi connectivity index (χ2v) is 9.84. The quantitative estimate of drug-likeness (QED) is 0.173. The van der Waals surface area contributed by atoms with E-state index in [4.69, 9.17) is 0 Å². The summed E-state index contributed by atoms with van der Waals surface area (Å²) in [7, 11) is 0. The highest BCUT2D eigenvalue weighted by molar-refractivity contribution is 6.01. The van der Waals surface area contributed by atoms with E-state index in [1.165, 1.54) is 5.57 Å². The molecule has 200 valence electrons. The van der Waals surface area contributed by atoms with Crippen molar-refractivity contribution >= 4 is 11.9 Å². The van der Waals surface area contributed by atoms with Crippen LogP contribution in [0.4, 0.5) is 0 Å². The van der Waals surface area contributed by atoms with E-state index >= 15 is 0 Å². The average Bonchev–Trinajstić information content (AvgIpc) is 2.83. The third-order valence-electron chi connectivity index (χ3n) is 6.37. The molecule has 0 saturated heterocycles. The highest BCUT2D eigenvalue weighted by Gasteiger charge is 2.27. The summed E-state index contributed by atoms with van der Waals surface area (Å²) >= 11 is 0. The molecule has 1 atom stereocenters. The Morgan fingerprint density at radius 1 is 1.03 bits per heavy atom. The molecule has 0 aromatic heterocycles. The number of benzene rings is 2. The smallest absolute Gasteiger partial charge is 0.326 e. The topological polar surface area (TPSA) is 107 Å². The summed E-state index contributed by atoms with van der Waals surface area (Å²) in [5, 5.41) is 34.3. The van der Waals surface area contributed by atoms with E-state index in [1.54, 1.807) is 18.2 Å². The number of allylic oxidation sites excluding steroid dienone is 4. The van der Waals surface area contributed by atoms with Crippen LogP contribution in [0, 0.1) is 0 Å². The fourth-order valence-corrected chi connectivity index (χ4v) is 4.21. The number of aromatic hydroxyl groups is 2. The number of amides is 1. The van der Waals surface area contributed by atoms with Crippen molar-refractivity contribution in [3.63, 3.8) is 0 Å². The van der Waals surface area contributed by atoms with Gasteiger partial charge in [-0.1, -0.05) is 73.4 Å². The van der Waals surface area contributed by atoms with Crippen LogP contribution in [0.2, 0.25) is 0 Å². The highest BCUT2D eigenvalue weighted by atomic mass is 16.4. The van der Waals surface area contributed by atoms with Gasteiger partial charge in [-0.15, -0.1) is 0 Å². The van der Waals surface area contributed by atoms with Crippen LogP contribution in [0.1, 0.15) is 86.8 Å². The first-order valence-corrected chi connectivity index (χ1v) is 13.1. The fraction of sp³-hybridized carbons (Fsp3) is 0.419. The highest BCUT2D eigenvalue weighted by Crippen LogP contribution is 2.35. The number of hydrogen-bond donors (Lipinski definition) is 4. The molecule has 0 aliphatic carbocycles. The number of carboxylic acids is 1. The third-order valence-corrected chi connectivity index (χ3v) is 6.37. The maximum absolute atomic E-state index is 13.4. The number of carbonyl (C=O) groups is 2. The van der Waals surface area contributed by atoms with Gasteiger partial charge in [0.15, 0.2) is 0 Å². The number of carboxylic acid groups (broad SMARTS) is 1. The SMILES string of the molecule is CCCCCc1cc(O)c(CC=C(C)CCC=C(C)C)c(O)c1C(=O)NC(Cc1ccccc1)C(=O)O.